The summed E-state index contributed by atoms with van der Waals surface area (Å²) >= 11 is 0. The lowest BCUT2D eigenvalue weighted by Crippen LogP contribution is -2.36. The number of aromatic nitrogens is 1. The van der Waals surface area contributed by atoms with E-state index >= 15 is 0 Å². The predicted octanol–water partition coefficient (Wildman–Crippen LogP) is 0.607. The molecule has 0 fully saturated rings. The minimum absolute atomic E-state index is 0.0859. The number of hydrogen-bond acceptors (Lipinski definition) is 4. The largest absolute Gasteiger partial charge is 0.480 e. The normalized spacial score (nSPS) is 10.8. The Morgan fingerprint density at radius 2 is 2.05 bits per heavy atom. The van der Waals surface area contributed by atoms with Gasteiger partial charge >= 0.3 is 5.97 Å². The van der Waals surface area contributed by atoms with Crippen LogP contribution in [0.15, 0.2) is 36.5 Å². The minimum atomic E-state index is -0.992. The van der Waals surface area contributed by atoms with Crippen molar-refractivity contribution in [2.45, 2.75) is 6.54 Å². The zero-order valence-electron chi connectivity index (χ0n) is 10.8. The Bertz CT molecular complexity index is 626. The lowest BCUT2D eigenvalue weighted by atomic mass is 10.1. The van der Waals surface area contributed by atoms with E-state index in [0.29, 0.717) is 6.54 Å². The van der Waals surface area contributed by atoms with Crippen LogP contribution in [0.2, 0.25) is 0 Å². The first-order valence-corrected chi connectivity index (χ1v) is 6.11. The van der Waals surface area contributed by atoms with Gasteiger partial charge in [-0.25, -0.2) is 0 Å². The highest BCUT2D eigenvalue weighted by molar-refractivity contribution is 5.79. The van der Waals surface area contributed by atoms with Crippen molar-refractivity contribution in [3.63, 3.8) is 0 Å². The Hall–Kier alpha value is -2.47. The molecule has 0 radical (unpaired) electrons. The number of carboxylic acids is 1. The van der Waals surface area contributed by atoms with Gasteiger partial charge in [-0.2, -0.15) is 0 Å². The van der Waals surface area contributed by atoms with Crippen molar-refractivity contribution in [2.75, 3.05) is 13.1 Å². The number of nitrogens with two attached hydrogens (primary N) is 1. The molecule has 0 aliphatic carbocycles. The second-order valence-electron chi connectivity index (χ2n) is 4.54. The summed E-state index contributed by atoms with van der Waals surface area (Å²) in [6.45, 7) is 0.0332. The van der Waals surface area contributed by atoms with Crippen LogP contribution >= 0.6 is 0 Å². The zero-order valence-corrected chi connectivity index (χ0v) is 10.8. The van der Waals surface area contributed by atoms with Gasteiger partial charge in [-0.05, 0) is 23.8 Å². The van der Waals surface area contributed by atoms with Crippen LogP contribution in [-0.4, -0.2) is 40.0 Å². The number of primary amides is 1. The highest BCUT2D eigenvalue weighted by Gasteiger charge is 2.13. The number of fused-ring (bicyclic) bond motifs is 1. The molecule has 20 heavy (non-hydrogen) atoms. The summed E-state index contributed by atoms with van der Waals surface area (Å²) in [7, 11) is 0. The summed E-state index contributed by atoms with van der Waals surface area (Å²) < 4.78 is 0. The van der Waals surface area contributed by atoms with Gasteiger partial charge in [0, 0.05) is 18.1 Å². The first kappa shape index (κ1) is 14.0. The minimum Gasteiger partial charge on any atom is -0.480 e. The van der Waals surface area contributed by atoms with E-state index in [1.165, 1.54) is 4.90 Å². The van der Waals surface area contributed by atoms with Crippen LogP contribution in [0.4, 0.5) is 0 Å². The Morgan fingerprint density at radius 1 is 1.25 bits per heavy atom. The van der Waals surface area contributed by atoms with Gasteiger partial charge in [-0.15, -0.1) is 0 Å². The zero-order chi connectivity index (χ0) is 14.5. The van der Waals surface area contributed by atoms with Crippen molar-refractivity contribution >= 4 is 22.8 Å². The van der Waals surface area contributed by atoms with E-state index in [4.69, 9.17) is 10.8 Å². The molecular formula is C14H15N3O3. The van der Waals surface area contributed by atoms with Crippen molar-refractivity contribution in [1.82, 2.24) is 9.88 Å². The van der Waals surface area contributed by atoms with Crippen LogP contribution < -0.4 is 5.73 Å². The monoisotopic (exact) mass is 273 g/mol. The third kappa shape index (κ3) is 3.76. The predicted molar refractivity (Wildman–Crippen MR) is 73.9 cm³/mol. The molecule has 0 aliphatic heterocycles. The summed E-state index contributed by atoms with van der Waals surface area (Å²) in [6.07, 6.45) is 1.71. The van der Waals surface area contributed by atoms with Crippen molar-refractivity contribution in [3.05, 3.63) is 42.1 Å². The van der Waals surface area contributed by atoms with E-state index in [1.807, 2.05) is 30.3 Å². The van der Waals surface area contributed by atoms with Gasteiger partial charge < -0.3 is 10.8 Å². The standard InChI is InChI=1S/C14H15N3O3/c15-13(18)8-17(9-14(19)20)7-10-3-4-12-11(6-10)2-1-5-16-12/h1-6H,7-9H2,(H2,15,18)(H,19,20). The summed E-state index contributed by atoms with van der Waals surface area (Å²) in [4.78, 5) is 27.5. The second-order valence-corrected chi connectivity index (χ2v) is 4.54. The van der Waals surface area contributed by atoms with Crippen LogP contribution in [0.5, 0.6) is 0 Å². The van der Waals surface area contributed by atoms with Gasteiger partial charge in [0.1, 0.15) is 0 Å². The van der Waals surface area contributed by atoms with Crippen molar-refractivity contribution in [3.8, 4) is 0 Å². The van der Waals surface area contributed by atoms with Crippen LogP contribution in [0.3, 0.4) is 0 Å². The average molecular weight is 273 g/mol. The molecular weight excluding hydrogens is 258 g/mol. The van der Waals surface area contributed by atoms with Gasteiger partial charge in [0.05, 0.1) is 18.6 Å². The summed E-state index contributed by atoms with van der Waals surface area (Å²) in [5.41, 5.74) is 6.91. The van der Waals surface area contributed by atoms with Crippen LogP contribution in [0, 0.1) is 0 Å². The smallest absolute Gasteiger partial charge is 0.317 e. The first-order valence-electron chi connectivity index (χ1n) is 6.11. The van der Waals surface area contributed by atoms with Gasteiger partial charge in [-0.1, -0.05) is 12.1 Å². The average Bonchev–Trinajstić information content (AvgIpc) is 2.37. The number of carbonyl (C=O) groups is 2. The maximum atomic E-state index is 11.0. The molecule has 2 rings (SSSR count). The molecule has 1 heterocycles. The Balaban J connectivity index is 2.18. The Kier molecular flexibility index (Phi) is 4.27. The number of hydrogen-bond donors (Lipinski definition) is 2. The first-order chi connectivity index (χ1) is 9.54. The maximum absolute atomic E-state index is 11.0. The fourth-order valence-electron chi connectivity index (χ4n) is 2.06. The number of benzene rings is 1. The molecule has 1 amide bonds. The van der Waals surface area contributed by atoms with E-state index in [-0.39, 0.29) is 13.1 Å². The molecule has 0 bridgehead atoms. The number of carboxylic acid groups (broad SMARTS) is 1. The van der Waals surface area contributed by atoms with E-state index in [2.05, 4.69) is 4.98 Å². The molecule has 1 aromatic heterocycles. The molecule has 104 valence electrons. The van der Waals surface area contributed by atoms with Gasteiger partial charge in [0.25, 0.3) is 0 Å². The number of rotatable bonds is 6. The third-order valence-electron chi connectivity index (χ3n) is 2.81. The van der Waals surface area contributed by atoms with E-state index < -0.39 is 11.9 Å². The maximum Gasteiger partial charge on any atom is 0.317 e. The quantitative estimate of drug-likeness (QED) is 0.803. The number of amides is 1. The van der Waals surface area contributed by atoms with Crippen molar-refractivity contribution in [1.29, 1.82) is 0 Å². The summed E-state index contributed by atoms with van der Waals surface area (Å²) in [5.74, 6) is -1.54. The van der Waals surface area contributed by atoms with Gasteiger partial charge in [0.15, 0.2) is 0 Å². The SMILES string of the molecule is NC(=O)CN(CC(=O)O)Cc1ccc2ncccc2c1. The van der Waals surface area contributed by atoms with Gasteiger partial charge in [0.2, 0.25) is 5.91 Å². The molecule has 1 aromatic carbocycles. The lowest BCUT2D eigenvalue weighted by molar-refractivity contribution is -0.138. The topological polar surface area (TPSA) is 96.5 Å². The number of pyridine rings is 1. The van der Waals surface area contributed by atoms with Crippen LogP contribution in [-0.2, 0) is 16.1 Å². The fourth-order valence-corrected chi connectivity index (χ4v) is 2.06. The summed E-state index contributed by atoms with van der Waals surface area (Å²) in [6, 6.07) is 9.43. The molecule has 3 N–H and O–H groups in total. The third-order valence-corrected chi connectivity index (χ3v) is 2.81. The molecule has 0 saturated carbocycles. The molecule has 0 unspecified atom stereocenters. The highest BCUT2D eigenvalue weighted by atomic mass is 16.4. The highest BCUT2D eigenvalue weighted by Crippen LogP contribution is 2.14. The molecule has 0 aliphatic rings. The van der Waals surface area contributed by atoms with Crippen LogP contribution in [0.25, 0.3) is 10.9 Å². The Labute approximate surface area is 115 Å². The number of carbonyl (C=O) groups excluding carboxylic acids is 1. The number of aliphatic carboxylic acids is 1. The molecule has 0 atom stereocenters. The molecule has 2 aromatic rings. The van der Waals surface area contributed by atoms with Crippen LogP contribution in [0.1, 0.15) is 5.56 Å². The number of nitrogens with zero attached hydrogens (tertiary/aromatic N) is 2. The second kappa shape index (κ2) is 6.12. The molecule has 0 saturated heterocycles. The fraction of sp³-hybridized carbons (Fsp3) is 0.214. The summed E-state index contributed by atoms with van der Waals surface area (Å²) in [5, 5.41) is 9.81. The van der Waals surface area contributed by atoms with Crippen molar-refractivity contribution in [2.24, 2.45) is 5.73 Å². The van der Waals surface area contributed by atoms with E-state index in [9.17, 15) is 9.59 Å². The Morgan fingerprint density at radius 3 is 2.75 bits per heavy atom. The molecule has 6 nitrogen and oxygen atoms in total. The lowest BCUT2D eigenvalue weighted by Gasteiger charge is -2.18. The van der Waals surface area contributed by atoms with E-state index in [1.54, 1.807) is 6.20 Å². The van der Waals surface area contributed by atoms with Crippen molar-refractivity contribution < 1.29 is 14.7 Å². The van der Waals surface area contributed by atoms with Gasteiger partial charge in [-0.3, -0.25) is 19.5 Å². The molecule has 6 heteroatoms. The molecule has 0 spiro atoms. The van der Waals surface area contributed by atoms with E-state index in [0.717, 1.165) is 16.5 Å².